The van der Waals surface area contributed by atoms with Gasteiger partial charge >= 0.3 is 5.97 Å². The number of fused-ring (bicyclic) bond motifs is 1. The molecule has 6 heteroatoms. The summed E-state index contributed by atoms with van der Waals surface area (Å²) >= 11 is 0. The Morgan fingerprint density at radius 3 is 2.80 bits per heavy atom. The van der Waals surface area contributed by atoms with Crippen molar-refractivity contribution in [3.05, 3.63) is 35.5 Å². The summed E-state index contributed by atoms with van der Waals surface area (Å²) in [5.41, 5.74) is 3.92. The molecule has 0 amide bonds. The molecule has 6 nitrogen and oxygen atoms in total. The minimum Gasteiger partial charge on any atom is -0.465 e. The molecule has 0 aliphatic rings. The van der Waals surface area contributed by atoms with Gasteiger partial charge in [-0.3, -0.25) is 4.68 Å². The summed E-state index contributed by atoms with van der Waals surface area (Å²) in [5.74, 6) is 0.365. The van der Waals surface area contributed by atoms with Crippen LogP contribution >= 0.6 is 0 Å². The van der Waals surface area contributed by atoms with Gasteiger partial charge in [0.25, 0.3) is 0 Å². The van der Waals surface area contributed by atoms with Crippen molar-refractivity contribution in [1.82, 2.24) is 19.7 Å². The van der Waals surface area contributed by atoms with Gasteiger partial charge in [0.05, 0.1) is 29.4 Å². The molecule has 1 aromatic carbocycles. The molecule has 0 aliphatic carbocycles. The van der Waals surface area contributed by atoms with Crippen LogP contribution in [0.3, 0.4) is 0 Å². The van der Waals surface area contributed by atoms with E-state index in [0.717, 1.165) is 28.2 Å². The lowest BCUT2D eigenvalue weighted by Crippen LogP contribution is -2.00. The van der Waals surface area contributed by atoms with Crippen molar-refractivity contribution in [2.45, 2.75) is 6.92 Å². The average Bonchev–Trinajstić information content (AvgIpc) is 2.99. The number of imidazole rings is 1. The maximum Gasteiger partial charge on any atom is 0.337 e. The van der Waals surface area contributed by atoms with Gasteiger partial charge in [-0.1, -0.05) is 0 Å². The van der Waals surface area contributed by atoms with Crippen molar-refractivity contribution in [2.24, 2.45) is 7.05 Å². The third-order valence-electron chi connectivity index (χ3n) is 3.15. The van der Waals surface area contributed by atoms with Crippen LogP contribution in [0.2, 0.25) is 0 Å². The Bertz CT molecular complexity index is 801. The standard InChI is InChI=1S/C14H14N4O2/c1-8-6-12(18(2)17-8)13-15-10-5-4-9(14(19)20-3)7-11(10)16-13/h4-7H,1-3H3,(H,15,16). The molecule has 2 aromatic heterocycles. The summed E-state index contributed by atoms with van der Waals surface area (Å²) in [6.45, 7) is 1.93. The fourth-order valence-electron chi connectivity index (χ4n) is 2.21. The second-order valence-corrected chi connectivity index (χ2v) is 4.60. The lowest BCUT2D eigenvalue weighted by molar-refractivity contribution is 0.0601. The fourth-order valence-corrected chi connectivity index (χ4v) is 2.21. The number of nitrogens with one attached hydrogen (secondary N) is 1. The van der Waals surface area contributed by atoms with Gasteiger partial charge in [0.2, 0.25) is 0 Å². The molecule has 0 spiro atoms. The molecule has 20 heavy (non-hydrogen) atoms. The van der Waals surface area contributed by atoms with Crippen LogP contribution in [0.25, 0.3) is 22.6 Å². The number of aryl methyl sites for hydroxylation is 2. The number of hydrogen-bond donors (Lipinski definition) is 1. The lowest BCUT2D eigenvalue weighted by atomic mass is 10.2. The van der Waals surface area contributed by atoms with Crippen LogP contribution in [-0.2, 0) is 11.8 Å². The summed E-state index contributed by atoms with van der Waals surface area (Å²) in [4.78, 5) is 19.2. The van der Waals surface area contributed by atoms with Crippen molar-refractivity contribution >= 4 is 17.0 Å². The largest absolute Gasteiger partial charge is 0.465 e. The summed E-state index contributed by atoms with van der Waals surface area (Å²) < 4.78 is 6.48. The van der Waals surface area contributed by atoms with Crippen molar-refractivity contribution in [3.8, 4) is 11.5 Å². The zero-order chi connectivity index (χ0) is 14.3. The van der Waals surface area contributed by atoms with Crippen LogP contribution in [0, 0.1) is 6.92 Å². The van der Waals surface area contributed by atoms with E-state index in [2.05, 4.69) is 15.1 Å². The first-order chi connectivity index (χ1) is 9.58. The number of aromatic nitrogens is 4. The van der Waals surface area contributed by atoms with Gasteiger partial charge in [0.1, 0.15) is 5.69 Å². The summed E-state index contributed by atoms with van der Waals surface area (Å²) in [5, 5.41) is 4.30. The number of benzene rings is 1. The van der Waals surface area contributed by atoms with E-state index < -0.39 is 0 Å². The summed E-state index contributed by atoms with van der Waals surface area (Å²) in [6.07, 6.45) is 0. The molecule has 102 valence electrons. The van der Waals surface area contributed by atoms with Crippen LogP contribution < -0.4 is 0 Å². The number of H-pyrrole nitrogens is 1. The normalized spacial score (nSPS) is 10.9. The number of aromatic amines is 1. The number of esters is 1. The topological polar surface area (TPSA) is 72.8 Å². The van der Waals surface area contributed by atoms with Gasteiger partial charge < -0.3 is 9.72 Å². The third kappa shape index (κ3) is 1.95. The van der Waals surface area contributed by atoms with E-state index in [1.807, 2.05) is 20.0 Å². The lowest BCUT2D eigenvalue weighted by Gasteiger charge is -1.97. The van der Waals surface area contributed by atoms with Crippen LogP contribution in [0.4, 0.5) is 0 Å². The zero-order valence-electron chi connectivity index (χ0n) is 11.5. The Balaban J connectivity index is 2.11. The number of carbonyl (C=O) groups excluding carboxylic acids is 1. The number of hydrogen-bond acceptors (Lipinski definition) is 4. The van der Waals surface area contributed by atoms with Crippen molar-refractivity contribution in [3.63, 3.8) is 0 Å². The predicted octanol–water partition coefficient (Wildman–Crippen LogP) is 2.06. The van der Waals surface area contributed by atoms with Crippen molar-refractivity contribution in [2.75, 3.05) is 7.11 Å². The van der Waals surface area contributed by atoms with Gasteiger partial charge in [0.15, 0.2) is 5.82 Å². The highest BCUT2D eigenvalue weighted by Gasteiger charge is 2.12. The minimum absolute atomic E-state index is 0.362. The van der Waals surface area contributed by atoms with Crippen LogP contribution in [0.1, 0.15) is 16.1 Å². The van der Waals surface area contributed by atoms with Gasteiger partial charge in [0, 0.05) is 7.05 Å². The van der Waals surface area contributed by atoms with Crippen molar-refractivity contribution in [1.29, 1.82) is 0 Å². The molecular formula is C14H14N4O2. The van der Waals surface area contributed by atoms with Gasteiger partial charge in [-0.2, -0.15) is 5.10 Å². The Labute approximate surface area is 115 Å². The Morgan fingerprint density at radius 1 is 1.35 bits per heavy atom. The highest BCUT2D eigenvalue weighted by molar-refractivity contribution is 5.94. The molecule has 0 atom stereocenters. The van der Waals surface area contributed by atoms with E-state index in [1.54, 1.807) is 22.9 Å². The maximum absolute atomic E-state index is 11.5. The molecule has 0 unspecified atom stereocenters. The molecule has 0 aliphatic heterocycles. The Morgan fingerprint density at radius 2 is 2.15 bits per heavy atom. The number of carbonyl (C=O) groups is 1. The maximum atomic E-state index is 11.5. The number of nitrogens with zero attached hydrogens (tertiary/aromatic N) is 3. The van der Waals surface area contributed by atoms with Crippen LogP contribution in [0.5, 0.6) is 0 Å². The summed E-state index contributed by atoms with van der Waals surface area (Å²) in [6, 6.07) is 7.19. The van der Waals surface area contributed by atoms with E-state index in [9.17, 15) is 4.79 Å². The Kier molecular flexibility index (Phi) is 2.78. The van der Waals surface area contributed by atoms with E-state index in [4.69, 9.17) is 4.74 Å². The number of rotatable bonds is 2. The smallest absolute Gasteiger partial charge is 0.337 e. The molecule has 2 heterocycles. The van der Waals surface area contributed by atoms with Gasteiger partial charge in [-0.15, -0.1) is 0 Å². The minimum atomic E-state index is -0.362. The van der Waals surface area contributed by atoms with E-state index >= 15 is 0 Å². The van der Waals surface area contributed by atoms with E-state index in [0.29, 0.717) is 5.56 Å². The second kappa shape index (κ2) is 4.48. The fraction of sp³-hybridized carbons (Fsp3) is 0.214. The molecule has 1 N–H and O–H groups in total. The highest BCUT2D eigenvalue weighted by Crippen LogP contribution is 2.21. The molecule has 0 saturated heterocycles. The first-order valence-electron chi connectivity index (χ1n) is 6.17. The molecule has 0 saturated carbocycles. The average molecular weight is 270 g/mol. The van der Waals surface area contributed by atoms with Gasteiger partial charge in [-0.25, -0.2) is 9.78 Å². The summed E-state index contributed by atoms with van der Waals surface area (Å²) in [7, 11) is 3.23. The van der Waals surface area contributed by atoms with Crippen molar-refractivity contribution < 1.29 is 9.53 Å². The molecule has 0 bridgehead atoms. The van der Waals surface area contributed by atoms with Crippen LogP contribution in [0.15, 0.2) is 24.3 Å². The monoisotopic (exact) mass is 270 g/mol. The van der Waals surface area contributed by atoms with Crippen LogP contribution in [-0.4, -0.2) is 32.8 Å². The zero-order valence-corrected chi connectivity index (χ0v) is 11.5. The molecule has 0 radical (unpaired) electrons. The van der Waals surface area contributed by atoms with E-state index in [-0.39, 0.29) is 5.97 Å². The van der Waals surface area contributed by atoms with Gasteiger partial charge in [-0.05, 0) is 31.2 Å². The number of ether oxygens (including phenoxy) is 1. The predicted molar refractivity (Wildman–Crippen MR) is 74.4 cm³/mol. The number of methoxy groups -OCH3 is 1. The van der Waals surface area contributed by atoms with E-state index in [1.165, 1.54) is 7.11 Å². The highest BCUT2D eigenvalue weighted by atomic mass is 16.5. The molecule has 3 aromatic rings. The SMILES string of the molecule is COC(=O)c1ccc2nc(-c3cc(C)nn3C)[nH]c2c1. The molecule has 3 rings (SSSR count). The Hall–Kier alpha value is -2.63. The molecule has 0 fully saturated rings. The third-order valence-corrected chi connectivity index (χ3v) is 3.15. The quantitative estimate of drug-likeness (QED) is 0.723. The first kappa shape index (κ1) is 12.4. The second-order valence-electron chi connectivity index (χ2n) is 4.60. The first-order valence-corrected chi connectivity index (χ1v) is 6.17. The molecular weight excluding hydrogens is 256 g/mol.